The fraction of sp³-hybridized carbons (Fsp3) is 0.286. The molecule has 7 rings (SSSR count). The predicted octanol–water partition coefficient (Wildman–Crippen LogP) is 6.83. The lowest BCUT2D eigenvalue weighted by atomic mass is 10.0. The van der Waals surface area contributed by atoms with Crippen molar-refractivity contribution in [2.24, 2.45) is 5.92 Å². The highest BCUT2D eigenvalue weighted by Crippen LogP contribution is 2.36. The van der Waals surface area contributed by atoms with E-state index in [-0.39, 0.29) is 17.6 Å². The largest absolute Gasteiger partial charge is 0.492 e. The molecular formula is C35H35FN8O2. The quantitative estimate of drug-likeness (QED) is 0.154. The normalized spacial score (nSPS) is 13.7. The standard InChI is InChI=1S/C35H35FN8O2/c1-21(2)9-34(45)40-25-11-23(16-37-17-25)30-15-28-33(20-39-30)42-43-35(28)31-14-27-29(18-38-19-32(27)41-31)22-10-24(36)13-26(12-22)46-8-7-44-5-3-4-6-44/h10-21,41H,3-9H2,1-2H3,(H,40,45)(H,42,43). The van der Waals surface area contributed by atoms with E-state index in [1.54, 1.807) is 31.0 Å². The number of hydrogen-bond donors (Lipinski definition) is 3. The molecule has 1 aliphatic rings. The van der Waals surface area contributed by atoms with Crippen LogP contribution in [0.4, 0.5) is 10.1 Å². The summed E-state index contributed by atoms with van der Waals surface area (Å²) >= 11 is 0. The summed E-state index contributed by atoms with van der Waals surface area (Å²) in [6.07, 6.45) is 11.4. The lowest BCUT2D eigenvalue weighted by Crippen LogP contribution is -2.25. The number of aromatic nitrogens is 6. The lowest BCUT2D eigenvalue weighted by molar-refractivity contribution is -0.116. The predicted molar refractivity (Wildman–Crippen MR) is 177 cm³/mol. The number of amides is 1. The summed E-state index contributed by atoms with van der Waals surface area (Å²) in [6.45, 7) is 7.53. The molecule has 234 valence electrons. The molecule has 1 amide bonds. The Bertz CT molecular complexity index is 2030. The number of benzene rings is 1. The highest BCUT2D eigenvalue weighted by atomic mass is 19.1. The fourth-order valence-electron chi connectivity index (χ4n) is 6.02. The molecule has 1 aliphatic heterocycles. The minimum atomic E-state index is -0.363. The lowest BCUT2D eigenvalue weighted by Gasteiger charge is -2.15. The molecular weight excluding hydrogens is 583 g/mol. The van der Waals surface area contributed by atoms with Crippen molar-refractivity contribution >= 4 is 33.4 Å². The maximum absolute atomic E-state index is 14.8. The molecule has 10 nitrogen and oxygen atoms in total. The number of carbonyl (C=O) groups is 1. The van der Waals surface area contributed by atoms with E-state index in [1.165, 1.54) is 25.0 Å². The van der Waals surface area contributed by atoms with Gasteiger partial charge in [0.15, 0.2) is 0 Å². The van der Waals surface area contributed by atoms with E-state index in [1.807, 2.05) is 38.1 Å². The van der Waals surface area contributed by atoms with Crippen LogP contribution in [-0.4, -0.2) is 67.2 Å². The minimum absolute atomic E-state index is 0.0540. The van der Waals surface area contributed by atoms with Crippen LogP contribution in [0.1, 0.15) is 33.1 Å². The van der Waals surface area contributed by atoms with Gasteiger partial charge in [0, 0.05) is 53.3 Å². The van der Waals surface area contributed by atoms with Crippen molar-refractivity contribution in [3.63, 3.8) is 0 Å². The Labute approximate surface area is 265 Å². The van der Waals surface area contributed by atoms with E-state index in [0.717, 1.165) is 58.3 Å². The van der Waals surface area contributed by atoms with Crippen molar-refractivity contribution in [2.75, 3.05) is 31.6 Å². The third kappa shape index (κ3) is 6.32. The van der Waals surface area contributed by atoms with Crippen molar-refractivity contribution in [3.8, 4) is 39.5 Å². The van der Waals surface area contributed by atoms with Crippen molar-refractivity contribution < 1.29 is 13.9 Å². The van der Waals surface area contributed by atoms with E-state index in [0.29, 0.717) is 41.4 Å². The van der Waals surface area contributed by atoms with Gasteiger partial charge in [-0.05, 0) is 67.7 Å². The molecule has 0 bridgehead atoms. The summed E-state index contributed by atoms with van der Waals surface area (Å²) in [5.74, 6) is 0.337. The number of rotatable bonds is 10. The molecule has 1 fully saturated rings. The van der Waals surface area contributed by atoms with E-state index in [2.05, 4.69) is 40.3 Å². The summed E-state index contributed by atoms with van der Waals surface area (Å²) in [5, 5.41) is 12.4. The molecule has 0 atom stereocenters. The zero-order valence-electron chi connectivity index (χ0n) is 25.8. The molecule has 0 unspecified atom stereocenters. The van der Waals surface area contributed by atoms with Crippen LogP contribution in [-0.2, 0) is 4.79 Å². The van der Waals surface area contributed by atoms with Crippen molar-refractivity contribution in [1.29, 1.82) is 0 Å². The van der Waals surface area contributed by atoms with Gasteiger partial charge in [-0.2, -0.15) is 5.10 Å². The molecule has 1 aromatic carbocycles. The molecule has 46 heavy (non-hydrogen) atoms. The minimum Gasteiger partial charge on any atom is -0.492 e. The third-order valence-electron chi connectivity index (χ3n) is 8.22. The van der Waals surface area contributed by atoms with Crippen LogP contribution < -0.4 is 10.1 Å². The number of aromatic amines is 2. The van der Waals surface area contributed by atoms with Crippen LogP contribution in [0.15, 0.2) is 67.4 Å². The molecule has 0 radical (unpaired) electrons. The number of fused-ring (bicyclic) bond motifs is 2. The van der Waals surface area contributed by atoms with Gasteiger partial charge in [0.25, 0.3) is 0 Å². The molecule has 6 heterocycles. The van der Waals surface area contributed by atoms with Gasteiger partial charge in [0.1, 0.15) is 23.9 Å². The molecule has 3 N–H and O–H groups in total. The molecule has 0 saturated carbocycles. The Hall–Kier alpha value is -5.16. The molecule has 1 saturated heterocycles. The Morgan fingerprint density at radius 3 is 2.65 bits per heavy atom. The maximum atomic E-state index is 14.8. The van der Waals surface area contributed by atoms with Gasteiger partial charge in [-0.3, -0.25) is 29.7 Å². The first kappa shape index (κ1) is 29.5. The molecule has 6 aromatic rings. The second-order valence-corrected chi connectivity index (χ2v) is 12.2. The smallest absolute Gasteiger partial charge is 0.224 e. The number of ether oxygens (including phenoxy) is 1. The third-order valence-corrected chi connectivity index (χ3v) is 8.22. The van der Waals surface area contributed by atoms with Crippen LogP contribution in [0, 0.1) is 11.7 Å². The second-order valence-electron chi connectivity index (χ2n) is 12.2. The monoisotopic (exact) mass is 618 g/mol. The van der Waals surface area contributed by atoms with Crippen molar-refractivity contribution in [2.45, 2.75) is 33.1 Å². The highest BCUT2D eigenvalue weighted by molar-refractivity contribution is 6.01. The maximum Gasteiger partial charge on any atom is 0.224 e. The topological polar surface area (TPSA) is 125 Å². The van der Waals surface area contributed by atoms with E-state index < -0.39 is 0 Å². The van der Waals surface area contributed by atoms with Gasteiger partial charge in [0.05, 0.1) is 46.7 Å². The van der Waals surface area contributed by atoms with E-state index >= 15 is 0 Å². The summed E-state index contributed by atoms with van der Waals surface area (Å²) in [7, 11) is 0. The number of nitrogens with one attached hydrogen (secondary N) is 3. The SMILES string of the molecule is CC(C)CC(=O)Nc1cncc(-c2cc3c(-c4cc5c(-c6cc(F)cc(OCCN7CCCC7)c6)cncc5[nH]4)n[nH]c3cn2)c1. The van der Waals surface area contributed by atoms with Crippen molar-refractivity contribution in [1.82, 2.24) is 35.0 Å². The first-order valence-electron chi connectivity index (χ1n) is 15.6. The number of hydrogen-bond acceptors (Lipinski definition) is 7. The van der Waals surface area contributed by atoms with E-state index in [4.69, 9.17) is 4.74 Å². The average molecular weight is 619 g/mol. The zero-order chi connectivity index (χ0) is 31.6. The average Bonchev–Trinajstić information content (AvgIpc) is 3.80. The van der Waals surface area contributed by atoms with Crippen LogP contribution >= 0.6 is 0 Å². The summed E-state index contributed by atoms with van der Waals surface area (Å²) in [4.78, 5) is 31.5. The Kier molecular flexibility index (Phi) is 8.15. The highest BCUT2D eigenvalue weighted by Gasteiger charge is 2.17. The second kappa shape index (κ2) is 12.7. The number of pyridine rings is 3. The number of anilines is 1. The summed E-state index contributed by atoms with van der Waals surface area (Å²) in [5.41, 5.74) is 6.60. The van der Waals surface area contributed by atoms with Gasteiger partial charge in [-0.25, -0.2) is 4.39 Å². The number of likely N-dealkylation sites (tertiary alicyclic amines) is 1. The summed E-state index contributed by atoms with van der Waals surface area (Å²) in [6, 6.07) is 10.6. The van der Waals surface area contributed by atoms with Gasteiger partial charge >= 0.3 is 0 Å². The van der Waals surface area contributed by atoms with E-state index in [9.17, 15) is 9.18 Å². The molecule has 11 heteroatoms. The van der Waals surface area contributed by atoms with Gasteiger partial charge in [-0.1, -0.05) is 13.8 Å². The Balaban J connectivity index is 1.18. The Morgan fingerprint density at radius 2 is 1.80 bits per heavy atom. The Morgan fingerprint density at radius 1 is 0.957 bits per heavy atom. The number of H-pyrrole nitrogens is 2. The number of halogens is 1. The van der Waals surface area contributed by atoms with Gasteiger partial charge in [-0.15, -0.1) is 0 Å². The zero-order valence-corrected chi connectivity index (χ0v) is 25.8. The molecule has 0 aliphatic carbocycles. The van der Waals surface area contributed by atoms with Crippen LogP contribution in [0.25, 0.3) is 55.6 Å². The van der Waals surface area contributed by atoms with Crippen LogP contribution in [0.5, 0.6) is 5.75 Å². The number of carbonyl (C=O) groups excluding carboxylic acids is 1. The van der Waals surface area contributed by atoms with Crippen molar-refractivity contribution in [3.05, 3.63) is 73.2 Å². The fourth-order valence-corrected chi connectivity index (χ4v) is 6.02. The number of nitrogens with zero attached hydrogens (tertiary/aromatic N) is 5. The van der Waals surface area contributed by atoms with Crippen LogP contribution in [0.2, 0.25) is 0 Å². The van der Waals surface area contributed by atoms with Gasteiger partial charge in [0.2, 0.25) is 5.91 Å². The molecule has 5 aromatic heterocycles. The molecule has 0 spiro atoms. The van der Waals surface area contributed by atoms with Crippen LogP contribution in [0.3, 0.4) is 0 Å². The first-order chi connectivity index (χ1) is 22.4. The van der Waals surface area contributed by atoms with Gasteiger partial charge < -0.3 is 15.0 Å². The first-order valence-corrected chi connectivity index (χ1v) is 15.6. The summed E-state index contributed by atoms with van der Waals surface area (Å²) < 4.78 is 20.8.